The van der Waals surface area contributed by atoms with Crippen molar-refractivity contribution in [3.63, 3.8) is 0 Å². The van der Waals surface area contributed by atoms with Crippen molar-refractivity contribution in [1.29, 1.82) is 0 Å². The maximum Gasteiger partial charge on any atom is 0.265 e. The standard InChI is InChI=1S/C32H22F2N2O2/c33-26-11-6-22(7-12-26)25-16-28(23-8-13-27(34)14-9-23)35-29(17-25)24-10-15-31-30(18-24)36(32(37)20-38-31)19-21-4-2-1-3-5-21/h1-18H,19-20H2. The Labute approximate surface area is 218 Å². The van der Waals surface area contributed by atoms with Gasteiger partial charge < -0.3 is 9.64 Å². The minimum Gasteiger partial charge on any atom is -0.482 e. The second kappa shape index (κ2) is 9.90. The van der Waals surface area contributed by atoms with Crippen LogP contribution in [0.2, 0.25) is 0 Å². The van der Waals surface area contributed by atoms with Crippen LogP contribution in [-0.4, -0.2) is 17.5 Å². The smallest absolute Gasteiger partial charge is 0.265 e. The van der Waals surface area contributed by atoms with Gasteiger partial charge in [-0.15, -0.1) is 0 Å². The van der Waals surface area contributed by atoms with Gasteiger partial charge in [-0.1, -0.05) is 42.5 Å². The Morgan fingerprint density at radius 3 is 1.97 bits per heavy atom. The molecule has 0 atom stereocenters. The molecule has 38 heavy (non-hydrogen) atoms. The summed E-state index contributed by atoms with van der Waals surface area (Å²) in [6.07, 6.45) is 0. The van der Waals surface area contributed by atoms with E-state index in [0.717, 1.165) is 27.8 Å². The highest BCUT2D eigenvalue weighted by atomic mass is 19.1. The quantitative estimate of drug-likeness (QED) is 0.253. The third-order valence-electron chi connectivity index (χ3n) is 6.52. The average molecular weight is 505 g/mol. The molecular formula is C32H22F2N2O2. The topological polar surface area (TPSA) is 42.4 Å². The van der Waals surface area contributed by atoms with Gasteiger partial charge in [0.15, 0.2) is 6.61 Å². The number of aromatic nitrogens is 1. The van der Waals surface area contributed by atoms with E-state index < -0.39 is 0 Å². The van der Waals surface area contributed by atoms with E-state index >= 15 is 0 Å². The summed E-state index contributed by atoms with van der Waals surface area (Å²) < 4.78 is 33.0. The summed E-state index contributed by atoms with van der Waals surface area (Å²) in [5, 5.41) is 0. The van der Waals surface area contributed by atoms with Crippen LogP contribution in [0.5, 0.6) is 5.75 Å². The number of amides is 1. The second-order valence-electron chi connectivity index (χ2n) is 9.08. The first-order chi connectivity index (χ1) is 18.5. The fraction of sp³-hybridized carbons (Fsp3) is 0.0625. The van der Waals surface area contributed by atoms with Crippen LogP contribution in [0.25, 0.3) is 33.6 Å². The van der Waals surface area contributed by atoms with Crippen molar-refractivity contribution < 1.29 is 18.3 Å². The maximum absolute atomic E-state index is 13.6. The molecule has 0 N–H and O–H groups in total. The number of rotatable bonds is 5. The number of pyridine rings is 1. The number of halogens is 2. The normalized spacial score (nSPS) is 12.7. The summed E-state index contributed by atoms with van der Waals surface area (Å²) in [7, 11) is 0. The highest BCUT2D eigenvalue weighted by Gasteiger charge is 2.26. The van der Waals surface area contributed by atoms with E-state index in [1.54, 1.807) is 29.2 Å². The third kappa shape index (κ3) is 4.76. The van der Waals surface area contributed by atoms with Gasteiger partial charge in [0.1, 0.15) is 17.4 Å². The van der Waals surface area contributed by atoms with Crippen LogP contribution >= 0.6 is 0 Å². The summed E-state index contributed by atoms with van der Waals surface area (Å²) >= 11 is 0. The summed E-state index contributed by atoms with van der Waals surface area (Å²) in [5.74, 6) is -0.155. The van der Waals surface area contributed by atoms with Crippen molar-refractivity contribution in [2.24, 2.45) is 0 Å². The zero-order chi connectivity index (χ0) is 26.1. The molecule has 186 valence electrons. The summed E-state index contributed by atoms with van der Waals surface area (Å²) in [4.78, 5) is 19.5. The Bertz CT molecular complexity index is 1560. The lowest BCUT2D eigenvalue weighted by molar-refractivity contribution is -0.121. The van der Waals surface area contributed by atoms with Crippen molar-refractivity contribution in [3.8, 4) is 39.4 Å². The molecule has 6 heteroatoms. The van der Waals surface area contributed by atoms with E-state index in [4.69, 9.17) is 9.72 Å². The highest BCUT2D eigenvalue weighted by molar-refractivity contribution is 5.98. The number of hydrogen-bond acceptors (Lipinski definition) is 3. The molecule has 1 aromatic heterocycles. The molecule has 0 bridgehead atoms. The van der Waals surface area contributed by atoms with Crippen LogP contribution in [-0.2, 0) is 11.3 Å². The van der Waals surface area contributed by atoms with E-state index in [-0.39, 0.29) is 24.1 Å². The molecule has 2 heterocycles. The number of fused-ring (bicyclic) bond motifs is 1. The molecule has 6 rings (SSSR count). The Kier molecular flexibility index (Phi) is 6.14. The fourth-order valence-electron chi connectivity index (χ4n) is 4.56. The maximum atomic E-state index is 13.6. The van der Waals surface area contributed by atoms with Gasteiger partial charge in [-0.25, -0.2) is 13.8 Å². The van der Waals surface area contributed by atoms with E-state index in [1.165, 1.54) is 24.3 Å². The minimum absolute atomic E-state index is 0.0216. The Hall–Kier alpha value is -4.84. The van der Waals surface area contributed by atoms with E-state index in [1.807, 2.05) is 60.7 Å². The molecule has 0 fully saturated rings. The van der Waals surface area contributed by atoms with Gasteiger partial charge in [-0.2, -0.15) is 0 Å². The molecule has 5 aromatic rings. The molecule has 0 radical (unpaired) electrons. The van der Waals surface area contributed by atoms with Crippen LogP contribution in [0.4, 0.5) is 14.5 Å². The van der Waals surface area contributed by atoms with Gasteiger partial charge >= 0.3 is 0 Å². The van der Waals surface area contributed by atoms with Gasteiger partial charge in [-0.05, 0) is 83.4 Å². The predicted octanol–water partition coefficient (Wildman–Crippen LogP) is 7.29. The second-order valence-corrected chi connectivity index (χ2v) is 9.08. The zero-order valence-corrected chi connectivity index (χ0v) is 20.3. The first-order valence-electron chi connectivity index (χ1n) is 12.2. The minimum atomic E-state index is -0.332. The van der Waals surface area contributed by atoms with Crippen LogP contribution in [0, 0.1) is 11.6 Å². The molecule has 4 nitrogen and oxygen atoms in total. The molecule has 4 aromatic carbocycles. The number of carbonyl (C=O) groups is 1. The summed E-state index contributed by atoms with van der Waals surface area (Å²) in [5.41, 5.74) is 6.17. The molecule has 1 amide bonds. The summed E-state index contributed by atoms with van der Waals surface area (Å²) in [6.45, 7) is 0.398. The Morgan fingerprint density at radius 2 is 1.29 bits per heavy atom. The number of anilines is 1. The zero-order valence-electron chi connectivity index (χ0n) is 20.3. The number of hydrogen-bond donors (Lipinski definition) is 0. The van der Waals surface area contributed by atoms with Crippen molar-refractivity contribution >= 4 is 11.6 Å². The molecule has 0 unspecified atom stereocenters. The lowest BCUT2D eigenvalue weighted by Gasteiger charge is -2.30. The molecule has 0 spiro atoms. The summed E-state index contributed by atoms with van der Waals surface area (Å²) in [6, 6.07) is 31.7. The molecule has 1 aliphatic heterocycles. The lowest BCUT2D eigenvalue weighted by atomic mass is 9.99. The van der Waals surface area contributed by atoms with Gasteiger partial charge in [0.2, 0.25) is 0 Å². The van der Waals surface area contributed by atoms with E-state index in [2.05, 4.69) is 0 Å². The highest BCUT2D eigenvalue weighted by Crippen LogP contribution is 2.38. The van der Waals surface area contributed by atoms with Crippen LogP contribution in [0.3, 0.4) is 0 Å². The number of carbonyl (C=O) groups excluding carboxylic acids is 1. The number of nitrogens with zero attached hydrogens (tertiary/aromatic N) is 2. The van der Waals surface area contributed by atoms with Gasteiger partial charge in [0.25, 0.3) is 5.91 Å². The van der Waals surface area contributed by atoms with Crippen molar-refractivity contribution in [3.05, 3.63) is 126 Å². The van der Waals surface area contributed by atoms with Gasteiger partial charge in [0.05, 0.1) is 23.6 Å². The molecule has 0 saturated carbocycles. The first-order valence-corrected chi connectivity index (χ1v) is 12.2. The van der Waals surface area contributed by atoms with E-state index in [0.29, 0.717) is 29.4 Å². The Balaban J connectivity index is 1.46. The van der Waals surface area contributed by atoms with E-state index in [9.17, 15) is 13.6 Å². The van der Waals surface area contributed by atoms with Crippen LogP contribution in [0.15, 0.2) is 109 Å². The molecule has 0 saturated heterocycles. The molecule has 1 aliphatic rings. The third-order valence-corrected chi connectivity index (χ3v) is 6.52. The lowest BCUT2D eigenvalue weighted by Crippen LogP contribution is -2.38. The van der Waals surface area contributed by atoms with Crippen molar-refractivity contribution in [2.45, 2.75) is 6.54 Å². The monoisotopic (exact) mass is 504 g/mol. The van der Waals surface area contributed by atoms with Crippen LogP contribution in [0.1, 0.15) is 5.56 Å². The van der Waals surface area contributed by atoms with Gasteiger partial charge in [0, 0.05) is 11.1 Å². The van der Waals surface area contributed by atoms with Gasteiger partial charge in [-0.3, -0.25) is 4.79 Å². The largest absolute Gasteiger partial charge is 0.482 e. The number of ether oxygens (including phenoxy) is 1. The molecule has 0 aliphatic carbocycles. The number of benzene rings is 4. The first kappa shape index (κ1) is 23.6. The predicted molar refractivity (Wildman–Crippen MR) is 144 cm³/mol. The van der Waals surface area contributed by atoms with Crippen LogP contribution < -0.4 is 9.64 Å². The molecular weight excluding hydrogens is 482 g/mol. The average Bonchev–Trinajstić information content (AvgIpc) is 2.95. The SMILES string of the molecule is O=C1COc2ccc(-c3cc(-c4ccc(F)cc4)cc(-c4ccc(F)cc4)n3)cc2N1Cc1ccccc1. The fourth-order valence-corrected chi connectivity index (χ4v) is 4.56. The Morgan fingerprint density at radius 1 is 0.684 bits per heavy atom. The van der Waals surface area contributed by atoms with Crippen molar-refractivity contribution in [1.82, 2.24) is 4.98 Å². The van der Waals surface area contributed by atoms with Crippen molar-refractivity contribution in [2.75, 3.05) is 11.5 Å².